The zero-order valence-electron chi connectivity index (χ0n) is 13.6. The summed E-state index contributed by atoms with van der Waals surface area (Å²) in [7, 11) is 0. The summed E-state index contributed by atoms with van der Waals surface area (Å²) in [5.74, 6) is 0.523. The zero-order valence-corrected chi connectivity index (χ0v) is 14.4. The molecular weight excluding hydrogens is 343 g/mol. The number of amides is 1. The molecule has 4 rings (SSSR count). The van der Waals surface area contributed by atoms with Crippen molar-refractivity contribution in [3.63, 3.8) is 0 Å². The van der Waals surface area contributed by atoms with E-state index >= 15 is 0 Å². The van der Waals surface area contributed by atoms with Gasteiger partial charge in [-0.05, 0) is 48.0 Å². The molecule has 1 saturated heterocycles. The fourth-order valence-electron chi connectivity index (χ4n) is 3.40. The number of halogens is 2. The van der Waals surface area contributed by atoms with E-state index in [1.165, 1.54) is 12.1 Å². The molecule has 2 aromatic carbocycles. The number of carbonyl (C=O) groups is 1. The van der Waals surface area contributed by atoms with Gasteiger partial charge in [0.1, 0.15) is 11.6 Å². The molecule has 6 heteroatoms. The Morgan fingerprint density at radius 1 is 1.08 bits per heavy atom. The summed E-state index contributed by atoms with van der Waals surface area (Å²) < 4.78 is 18.8. The van der Waals surface area contributed by atoms with Crippen LogP contribution in [0.25, 0.3) is 0 Å². The normalized spacial score (nSPS) is 19.5. The molecule has 2 aliphatic rings. The summed E-state index contributed by atoms with van der Waals surface area (Å²) in [5.41, 5.74) is 1.96. The number of carbonyl (C=O) groups excluding carboxylic acids is 1. The van der Waals surface area contributed by atoms with Crippen molar-refractivity contribution in [2.45, 2.75) is 12.5 Å². The molecule has 0 aromatic heterocycles. The predicted molar refractivity (Wildman–Crippen MR) is 94.8 cm³/mol. The first-order valence-electron chi connectivity index (χ1n) is 8.34. The van der Waals surface area contributed by atoms with E-state index in [1.54, 1.807) is 18.2 Å². The second-order valence-electron chi connectivity index (χ2n) is 6.35. The van der Waals surface area contributed by atoms with E-state index in [9.17, 15) is 9.18 Å². The Balaban J connectivity index is 1.37. The molecule has 0 N–H and O–H groups in total. The monoisotopic (exact) mass is 360 g/mol. The van der Waals surface area contributed by atoms with Crippen LogP contribution >= 0.6 is 11.6 Å². The summed E-state index contributed by atoms with van der Waals surface area (Å²) in [5, 5.41) is 0.656. The first-order chi connectivity index (χ1) is 12.1. The van der Waals surface area contributed by atoms with Gasteiger partial charge in [0, 0.05) is 43.3 Å². The molecule has 25 heavy (non-hydrogen) atoms. The van der Waals surface area contributed by atoms with Gasteiger partial charge in [-0.25, -0.2) is 4.39 Å². The molecule has 1 fully saturated rings. The van der Waals surface area contributed by atoms with Crippen molar-refractivity contribution in [2.24, 2.45) is 0 Å². The van der Waals surface area contributed by atoms with Crippen molar-refractivity contribution in [2.75, 3.05) is 31.1 Å². The maximum atomic E-state index is 13.0. The van der Waals surface area contributed by atoms with Gasteiger partial charge in [-0.3, -0.25) is 4.79 Å². The van der Waals surface area contributed by atoms with E-state index in [0.717, 1.165) is 30.1 Å². The Kier molecular flexibility index (Phi) is 4.25. The second-order valence-corrected chi connectivity index (χ2v) is 6.79. The molecular formula is C19H18ClFN2O2. The summed E-state index contributed by atoms with van der Waals surface area (Å²) in [6.45, 7) is 2.71. The van der Waals surface area contributed by atoms with Crippen LogP contribution in [0.15, 0.2) is 42.5 Å². The number of rotatable bonds is 2. The number of fused-ring (bicyclic) bond motifs is 1. The van der Waals surface area contributed by atoms with Crippen LogP contribution in [0.3, 0.4) is 0 Å². The average molecular weight is 361 g/mol. The summed E-state index contributed by atoms with van der Waals surface area (Å²) in [6.07, 6.45) is 0.0956. The van der Waals surface area contributed by atoms with Gasteiger partial charge in [0.15, 0.2) is 6.10 Å². The molecule has 0 unspecified atom stereocenters. The molecule has 130 valence electrons. The van der Waals surface area contributed by atoms with E-state index < -0.39 is 6.10 Å². The van der Waals surface area contributed by atoms with E-state index in [-0.39, 0.29) is 11.7 Å². The number of hydrogen-bond acceptors (Lipinski definition) is 3. The maximum absolute atomic E-state index is 13.0. The quantitative estimate of drug-likeness (QED) is 0.825. The van der Waals surface area contributed by atoms with Crippen LogP contribution in [0.4, 0.5) is 10.1 Å². The van der Waals surface area contributed by atoms with Gasteiger partial charge < -0.3 is 14.5 Å². The van der Waals surface area contributed by atoms with Gasteiger partial charge in [0.05, 0.1) is 0 Å². The molecule has 0 aliphatic carbocycles. The predicted octanol–water partition coefficient (Wildman–Crippen LogP) is 3.13. The lowest BCUT2D eigenvalue weighted by atomic mass is 10.1. The van der Waals surface area contributed by atoms with Crippen LogP contribution in [0.1, 0.15) is 5.56 Å². The fourth-order valence-corrected chi connectivity index (χ4v) is 3.59. The number of hydrogen-bond donors (Lipinski definition) is 0. The lowest BCUT2D eigenvalue weighted by molar-refractivity contribution is -0.138. The van der Waals surface area contributed by atoms with Crippen LogP contribution in [0.2, 0.25) is 5.02 Å². The van der Waals surface area contributed by atoms with Crippen LogP contribution in [0.5, 0.6) is 5.75 Å². The van der Waals surface area contributed by atoms with Crippen molar-refractivity contribution in [3.8, 4) is 5.75 Å². The topological polar surface area (TPSA) is 32.8 Å². The molecule has 4 nitrogen and oxygen atoms in total. The molecule has 1 atom stereocenters. The first-order valence-corrected chi connectivity index (χ1v) is 8.72. The molecule has 2 heterocycles. The third-order valence-electron chi connectivity index (χ3n) is 4.76. The Morgan fingerprint density at radius 2 is 1.80 bits per heavy atom. The lowest BCUT2D eigenvalue weighted by Crippen LogP contribution is -2.52. The van der Waals surface area contributed by atoms with Gasteiger partial charge in [-0.2, -0.15) is 0 Å². The highest BCUT2D eigenvalue weighted by molar-refractivity contribution is 6.30. The first kappa shape index (κ1) is 16.2. The van der Waals surface area contributed by atoms with Gasteiger partial charge in [-0.1, -0.05) is 11.6 Å². The van der Waals surface area contributed by atoms with Gasteiger partial charge in [0.25, 0.3) is 5.91 Å². The summed E-state index contributed by atoms with van der Waals surface area (Å²) in [6, 6.07) is 11.9. The number of piperazine rings is 1. The van der Waals surface area contributed by atoms with Crippen molar-refractivity contribution in [1.29, 1.82) is 0 Å². The second kappa shape index (κ2) is 6.56. The highest BCUT2D eigenvalue weighted by Crippen LogP contribution is 2.32. The minimum Gasteiger partial charge on any atom is -0.480 e. The van der Waals surface area contributed by atoms with Crippen LogP contribution in [-0.4, -0.2) is 43.1 Å². The van der Waals surface area contributed by atoms with Crippen molar-refractivity contribution in [1.82, 2.24) is 4.90 Å². The van der Waals surface area contributed by atoms with Crippen molar-refractivity contribution < 1.29 is 13.9 Å². The van der Waals surface area contributed by atoms with Gasteiger partial charge >= 0.3 is 0 Å². The highest BCUT2D eigenvalue weighted by atomic mass is 35.5. The molecule has 1 amide bonds. The third kappa shape index (κ3) is 3.29. The molecule has 0 bridgehead atoms. The third-order valence-corrected chi connectivity index (χ3v) is 4.99. The highest BCUT2D eigenvalue weighted by Gasteiger charge is 2.33. The zero-order chi connectivity index (χ0) is 17.4. The number of benzene rings is 2. The fraction of sp³-hybridized carbons (Fsp3) is 0.316. The number of anilines is 1. The standard InChI is InChI=1S/C19H18ClFN2O2/c20-14-1-6-17-13(11-14)12-18(25-17)19(24)23-9-7-22(8-10-23)16-4-2-15(21)3-5-16/h1-6,11,18H,7-10,12H2/t18-/m0/s1. The maximum Gasteiger partial charge on any atom is 0.264 e. The van der Waals surface area contributed by atoms with Gasteiger partial charge in [0.2, 0.25) is 0 Å². The Hall–Kier alpha value is -2.27. The molecule has 2 aliphatic heterocycles. The largest absolute Gasteiger partial charge is 0.480 e. The lowest BCUT2D eigenvalue weighted by Gasteiger charge is -2.37. The minimum absolute atomic E-state index is 0.0195. The van der Waals surface area contributed by atoms with Crippen LogP contribution in [0, 0.1) is 5.82 Å². The molecule has 0 spiro atoms. The SMILES string of the molecule is O=C([C@@H]1Cc2cc(Cl)ccc2O1)N1CCN(c2ccc(F)cc2)CC1. The average Bonchev–Trinajstić information content (AvgIpc) is 3.05. The molecule has 0 saturated carbocycles. The minimum atomic E-state index is -0.467. The van der Waals surface area contributed by atoms with Crippen LogP contribution in [-0.2, 0) is 11.2 Å². The van der Waals surface area contributed by atoms with Crippen molar-refractivity contribution >= 4 is 23.2 Å². The Labute approximate surface area is 150 Å². The van der Waals surface area contributed by atoms with E-state index in [2.05, 4.69) is 4.90 Å². The van der Waals surface area contributed by atoms with Crippen LogP contribution < -0.4 is 9.64 Å². The van der Waals surface area contributed by atoms with E-state index in [1.807, 2.05) is 17.0 Å². The van der Waals surface area contributed by atoms with Gasteiger partial charge in [-0.15, -0.1) is 0 Å². The molecule has 0 radical (unpaired) electrons. The molecule has 2 aromatic rings. The number of ether oxygens (including phenoxy) is 1. The Bertz CT molecular complexity index is 789. The summed E-state index contributed by atoms with van der Waals surface area (Å²) in [4.78, 5) is 16.7. The number of nitrogens with zero attached hydrogens (tertiary/aromatic N) is 2. The van der Waals surface area contributed by atoms with Crippen molar-refractivity contribution in [3.05, 3.63) is 58.9 Å². The smallest absolute Gasteiger partial charge is 0.264 e. The van der Waals surface area contributed by atoms with E-state index in [0.29, 0.717) is 24.5 Å². The Morgan fingerprint density at radius 3 is 2.52 bits per heavy atom. The summed E-state index contributed by atoms with van der Waals surface area (Å²) >= 11 is 6.00. The van der Waals surface area contributed by atoms with E-state index in [4.69, 9.17) is 16.3 Å².